The van der Waals surface area contributed by atoms with E-state index in [2.05, 4.69) is 0 Å². The van der Waals surface area contributed by atoms with Crippen molar-refractivity contribution in [2.24, 2.45) is 5.73 Å². The van der Waals surface area contributed by atoms with Gasteiger partial charge in [0.05, 0.1) is 10.9 Å². The summed E-state index contributed by atoms with van der Waals surface area (Å²) >= 11 is 6.28. The number of carbonyl (C=O) groups excluding carboxylic acids is 1. The van der Waals surface area contributed by atoms with Gasteiger partial charge in [-0.2, -0.15) is 0 Å². The van der Waals surface area contributed by atoms with Crippen molar-refractivity contribution in [3.63, 3.8) is 0 Å². The van der Waals surface area contributed by atoms with E-state index in [0.717, 1.165) is 17.3 Å². The summed E-state index contributed by atoms with van der Waals surface area (Å²) in [6.07, 6.45) is 0.00957. The molecule has 1 atom stereocenters. The molecule has 0 saturated carbocycles. The maximum Gasteiger partial charge on any atom is 0.266 e. The van der Waals surface area contributed by atoms with E-state index in [1.807, 2.05) is 0 Å². The number of aliphatic hydroxyl groups is 2. The molecule has 112 valence electrons. The van der Waals surface area contributed by atoms with Crippen molar-refractivity contribution < 1.29 is 15.0 Å². The Morgan fingerprint density at radius 3 is 2.52 bits per heavy atom. The Morgan fingerprint density at radius 1 is 1.33 bits per heavy atom. The molecule has 1 aliphatic rings. The molecule has 1 aromatic rings. The van der Waals surface area contributed by atoms with Gasteiger partial charge in [0.25, 0.3) is 5.91 Å². The molecule has 6 N–H and O–H groups in total. The predicted molar refractivity (Wildman–Crippen MR) is 86.9 cm³/mol. The van der Waals surface area contributed by atoms with Gasteiger partial charge in [0.15, 0.2) is 6.29 Å². The second-order valence-corrected chi connectivity index (χ2v) is 6.21. The second-order valence-electron chi connectivity index (χ2n) is 4.54. The number of nitrogen functional groups attached to an aromatic ring is 1. The van der Waals surface area contributed by atoms with Gasteiger partial charge in [0, 0.05) is 12.2 Å². The number of nitrogens with two attached hydrogens (primary N) is 2. The topological polar surface area (TPSA) is 113 Å². The third-order valence-corrected chi connectivity index (χ3v) is 4.26. The molecule has 1 fully saturated rings. The first-order valence-electron chi connectivity index (χ1n) is 6.11. The van der Waals surface area contributed by atoms with Crippen molar-refractivity contribution in [1.29, 1.82) is 0 Å². The van der Waals surface area contributed by atoms with E-state index in [9.17, 15) is 4.79 Å². The molecular weight excluding hydrogens is 310 g/mol. The summed E-state index contributed by atoms with van der Waals surface area (Å²) < 4.78 is 0.345. The lowest BCUT2D eigenvalue weighted by Crippen LogP contribution is -2.46. The van der Waals surface area contributed by atoms with Crippen LogP contribution in [0.1, 0.15) is 5.56 Å². The highest BCUT2D eigenvalue weighted by Gasteiger charge is 2.33. The van der Waals surface area contributed by atoms with Gasteiger partial charge < -0.3 is 21.7 Å². The molecule has 2 rings (SSSR count). The summed E-state index contributed by atoms with van der Waals surface area (Å²) in [5, 5.41) is 18.0. The molecule has 1 aromatic carbocycles. The van der Waals surface area contributed by atoms with Crippen LogP contribution in [0.3, 0.4) is 0 Å². The number of amides is 1. The zero-order valence-electron chi connectivity index (χ0n) is 11.0. The minimum absolute atomic E-state index is 0.0403. The van der Waals surface area contributed by atoms with Gasteiger partial charge in [-0.1, -0.05) is 36.1 Å². The first-order chi connectivity index (χ1) is 9.88. The van der Waals surface area contributed by atoms with E-state index < -0.39 is 12.3 Å². The monoisotopic (exact) mass is 325 g/mol. The first-order valence-corrected chi connectivity index (χ1v) is 7.33. The standard InChI is InChI=1S/C13H15N3O3S2/c14-8-3-1-7(2-4-8)5-10-11(17)16(13(20)21-10)6-9(15)12(18)19/h1-5,9,12,18-19H,6,14-15H2/b10-5-. The van der Waals surface area contributed by atoms with Crippen LogP contribution in [0.5, 0.6) is 0 Å². The molecule has 6 nitrogen and oxygen atoms in total. The number of nitrogens with zero attached hydrogens (tertiary/aromatic N) is 1. The van der Waals surface area contributed by atoms with Crippen LogP contribution in [0, 0.1) is 0 Å². The van der Waals surface area contributed by atoms with E-state index in [4.69, 9.17) is 33.9 Å². The van der Waals surface area contributed by atoms with Gasteiger partial charge in [-0.05, 0) is 23.8 Å². The maximum atomic E-state index is 12.3. The molecule has 0 bridgehead atoms. The van der Waals surface area contributed by atoms with Gasteiger partial charge in [0.2, 0.25) is 0 Å². The molecule has 0 aromatic heterocycles. The molecule has 1 heterocycles. The fraction of sp³-hybridized carbons (Fsp3) is 0.231. The third-order valence-electron chi connectivity index (χ3n) is 2.88. The Hall–Kier alpha value is -1.45. The van der Waals surface area contributed by atoms with Crippen LogP contribution in [0.15, 0.2) is 29.2 Å². The van der Waals surface area contributed by atoms with E-state index in [1.165, 1.54) is 4.90 Å². The number of hydrogen-bond donors (Lipinski definition) is 4. The Morgan fingerprint density at radius 2 is 1.95 bits per heavy atom. The van der Waals surface area contributed by atoms with Crippen LogP contribution in [-0.2, 0) is 4.79 Å². The van der Waals surface area contributed by atoms with Gasteiger partial charge in [-0.25, -0.2) is 0 Å². The summed E-state index contributed by atoms with van der Waals surface area (Å²) in [5.41, 5.74) is 12.6. The molecule has 0 radical (unpaired) electrons. The Labute approximate surface area is 131 Å². The molecule has 0 aliphatic carbocycles. The number of thiocarbonyl (C=S) groups is 1. The van der Waals surface area contributed by atoms with Crippen molar-refractivity contribution >= 4 is 46.0 Å². The quantitative estimate of drug-likeness (QED) is 0.269. The highest BCUT2D eigenvalue weighted by atomic mass is 32.2. The lowest BCUT2D eigenvalue weighted by Gasteiger charge is -2.20. The number of rotatable bonds is 4. The molecule has 8 heteroatoms. The SMILES string of the molecule is Nc1ccc(/C=C2\SC(=S)N(CC(N)C(O)O)C2=O)cc1. The number of aliphatic hydroxyl groups excluding tert-OH is 1. The Bertz CT molecular complexity index is 587. The predicted octanol–water partition coefficient (Wildman–Crippen LogP) is 0.108. The minimum Gasteiger partial charge on any atom is -0.399 e. The van der Waals surface area contributed by atoms with Crippen molar-refractivity contribution in [2.75, 3.05) is 12.3 Å². The summed E-state index contributed by atoms with van der Waals surface area (Å²) in [6, 6.07) is 6.11. The van der Waals surface area contributed by atoms with Gasteiger partial charge in [0.1, 0.15) is 4.32 Å². The molecule has 1 saturated heterocycles. The lowest BCUT2D eigenvalue weighted by molar-refractivity contribution is -0.123. The number of hydrogen-bond acceptors (Lipinski definition) is 7. The first kappa shape index (κ1) is 15.9. The van der Waals surface area contributed by atoms with Crippen LogP contribution in [0.25, 0.3) is 6.08 Å². The molecular formula is C13H15N3O3S2. The highest BCUT2D eigenvalue weighted by Crippen LogP contribution is 2.32. The zero-order chi connectivity index (χ0) is 15.6. The second kappa shape index (κ2) is 6.54. The lowest BCUT2D eigenvalue weighted by atomic mass is 10.2. The Kier molecular flexibility index (Phi) is 4.96. The van der Waals surface area contributed by atoms with Crippen LogP contribution in [0.2, 0.25) is 0 Å². The summed E-state index contributed by atoms with van der Waals surface area (Å²) in [7, 11) is 0. The maximum absolute atomic E-state index is 12.3. The average Bonchev–Trinajstić information content (AvgIpc) is 2.69. The van der Waals surface area contributed by atoms with Gasteiger partial charge in [-0.15, -0.1) is 0 Å². The minimum atomic E-state index is -1.70. The smallest absolute Gasteiger partial charge is 0.266 e. The van der Waals surface area contributed by atoms with Crippen LogP contribution in [-0.4, -0.2) is 44.2 Å². The molecule has 0 spiro atoms. The number of thioether (sulfide) groups is 1. The molecule has 1 amide bonds. The fourth-order valence-corrected chi connectivity index (χ4v) is 2.98. The van der Waals surface area contributed by atoms with Crippen LogP contribution < -0.4 is 11.5 Å². The van der Waals surface area contributed by atoms with E-state index in [-0.39, 0.29) is 12.5 Å². The highest BCUT2D eigenvalue weighted by molar-refractivity contribution is 8.26. The van der Waals surface area contributed by atoms with Gasteiger partial charge in [-0.3, -0.25) is 9.69 Å². The fourth-order valence-electron chi connectivity index (χ4n) is 1.71. The van der Waals surface area contributed by atoms with E-state index >= 15 is 0 Å². The Balaban J connectivity index is 2.15. The van der Waals surface area contributed by atoms with E-state index in [0.29, 0.717) is 14.9 Å². The number of carbonyl (C=O) groups is 1. The summed E-state index contributed by atoms with van der Waals surface area (Å²) in [5.74, 6) is -0.294. The number of anilines is 1. The summed E-state index contributed by atoms with van der Waals surface area (Å²) in [6.45, 7) is -0.0403. The third kappa shape index (κ3) is 3.80. The van der Waals surface area contributed by atoms with Crippen molar-refractivity contribution in [3.05, 3.63) is 34.7 Å². The molecule has 1 aliphatic heterocycles. The molecule has 21 heavy (non-hydrogen) atoms. The average molecular weight is 325 g/mol. The largest absolute Gasteiger partial charge is 0.399 e. The number of benzene rings is 1. The van der Waals surface area contributed by atoms with Gasteiger partial charge >= 0.3 is 0 Å². The normalized spacial score (nSPS) is 18.9. The van der Waals surface area contributed by atoms with Crippen molar-refractivity contribution in [3.8, 4) is 0 Å². The van der Waals surface area contributed by atoms with Crippen LogP contribution >= 0.6 is 24.0 Å². The van der Waals surface area contributed by atoms with Crippen molar-refractivity contribution in [1.82, 2.24) is 4.90 Å². The summed E-state index contributed by atoms with van der Waals surface area (Å²) in [4.78, 5) is 14.0. The zero-order valence-corrected chi connectivity index (χ0v) is 12.6. The molecule has 1 unspecified atom stereocenters. The van der Waals surface area contributed by atoms with Crippen molar-refractivity contribution in [2.45, 2.75) is 12.3 Å². The van der Waals surface area contributed by atoms with Crippen LogP contribution in [0.4, 0.5) is 5.69 Å². The van der Waals surface area contributed by atoms with E-state index in [1.54, 1.807) is 30.3 Å².